The van der Waals surface area contributed by atoms with E-state index in [4.69, 9.17) is 14.0 Å². The Morgan fingerprint density at radius 1 is 1.12 bits per heavy atom. The smallest absolute Gasteiger partial charge is 0.444 e. The van der Waals surface area contributed by atoms with Gasteiger partial charge in [-0.3, -0.25) is 0 Å². The Hall–Kier alpha value is -1.01. The molecule has 0 saturated carbocycles. The average Bonchev–Trinajstić information content (AvgIpc) is 2.63. The summed E-state index contributed by atoms with van der Waals surface area (Å²) >= 11 is 0. The minimum atomic E-state index is -0.469. The van der Waals surface area contributed by atoms with Crippen molar-refractivity contribution < 1.29 is 18.8 Å². The molecule has 0 spiro atoms. The van der Waals surface area contributed by atoms with Crippen LogP contribution in [0.2, 0.25) is 0 Å². The predicted molar refractivity (Wildman–Crippen MR) is 100 cm³/mol. The minimum absolute atomic E-state index is 0.0985. The van der Waals surface area contributed by atoms with E-state index in [0.717, 1.165) is 19.4 Å². The first kappa shape index (κ1) is 20.3. The van der Waals surface area contributed by atoms with Crippen LogP contribution in [-0.4, -0.2) is 48.0 Å². The molecule has 0 aromatic carbocycles. The normalized spacial score (nSPS) is 29.3. The first-order valence-corrected chi connectivity index (χ1v) is 9.26. The van der Waals surface area contributed by atoms with E-state index in [2.05, 4.69) is 13.0 Å². The van der Waals surface area contributed by atoms with Gasteiger partial charge in [-0.15, -0.1) is 0 Å². The van der Waals surface area contributed by atoms with E-state index >= 15 is 0 Å². The van der Waals surface area contributed by atoms with Crippen LogP contribution in [0.3, 0.4) is 0 Å². The van der Waals surface area contributed by atoms with Crippen molar-refractivity contribution in [1.82, 2.24) is 4.90 Å². The topological polar surface area (TPSA) is 48.0 Å². The highest BCUT2D eigenvalue weighted by molar-refractivity contribution is 6.51. The SMILES string of the molecule is CC1(/C=C/B2OC(C)(C)C(C)(C)O2)CCCN(C(=O)OC(C)(C)C)C1. The van der Waals surface area contributed by atoms with Crippen LogP contribution in [-0.2, 0) is 14.0 Å². The zero-order valence-electron chi connectivity index (χ0n) is 17.1. The summed E-state index contributed by atoms with van der Waals surface area (Å²) < 4.78 is 17.6. The van der Waals surface area contributed by atoms with Gasteiger partial charge in [-0.1, -0.05) is 19.0 Å². The molecule has 0 aliphatic carbocycles. The molecule has 142 valence electrons. The lowest BCUT2D eigenvalue weighted by Crippen LogP contribution is -2.46. The number of ether oxygens (including phenoxy) is 1. The average molecular weight is 351 g/mol. The molecule has 2 aliphatic rings. The third-order valence-corrected chi connectivity index (χ3v) is 5.31. The second-order valence-electron chi connectivity index (χ2n) is 9.64. The number of carbonyl (C=O) groups is 1. The predicted octanol–water partition coefficient (Wildman–Crippen LogP) is 4.21. The Labute approximate surface area is 153 Å². The maximum Gasteiger partial charge on any atom is 0.486 e. The number of nitrogens with zero attached hydrogens (tertiary/aromatic N) is 1. The van der Waals surface area contributed by atoms with Gasteiger partial charge in [0, 0.05) is 18.5 Å². The van der Waals surface area contributed by atoms with E-state index in [-0.39, 0.29) is 29.8 Å². The minimum Gasteiger partial charge on any atom is -0.444 e. The lowest BCUT2D eigenvalue weighted by atomic mass is 9.77. The fourth-order valence-corrected chi connectivity index (χ4v) is 3.16. The van der Waals surface area contributed by atoms with Crippen molar-refractivity contribution in [3.8, 4) is 0 Å². The van der Waals surface area contributed by atoms with Gasteiger partial charge < -0.3 is 18.9 Å². The summed E-state index contributed by atoms with van der Waals surface area (Å²) in [6.07, 6.45) is 3.90. The largest absolute Gasteiger partial charge is 0.486 e. The third kappa shape index (κ3) is 5.01. The van der Waals surface area contributed by atoms with Crippen molar-refractivity contribution >= 4 is 13.2 Å². The van der Waals surface area contributed by atoms with Crippen LogP contribution in [0.5, 0.6) is 0 Å². The lowest BCUT2D eigenvalue weighted by Gasteiger charge is -2.39. The zero-order chi connectivity index (χ0) is 19.1. The van der Waals surface area contributed by atoms with Gasteiger partial charge in [0.1, 0.15) is 5.60 Å². The highest BCUT2D eigenvalue weighted by Gasteiger charge is 2.50. The van der Waals surface area contributed by atoms with Crippen molar-refractivity contribution in [2.24, 2.45) is 5.41 Å². The molecule has 2 heterocycles. The van der Waals surface area contributed by atoms with Gasteiger partial charge in [0.25, 0.3) is 0 Å². The van der Waals surface area contributed by atoms with Gasteiger partial charge >= 0.3 is 13.2 Å². The van der Waals surface area contributed by atoms with Gasteiger partial charge in [-0.05, 0) is 61.3 Å². The fourth-order valence-electron chi connectivity index (χ4n) is 3.16. The van der Waals surface area contributed by atoms with Crippen LogP contribution in [0, 0.1) is 5.41 Å². The Morgan fingerprint density at radius 3 is 2.20 bits per heavy atom. The third-order valence-electron chi connectivity index (χ3n) is 5.31. The number of hydrogen-bond donors (Lipinski definition) is 0. The van der Waals surface area contributed by atoms with Crippen LogP contribution >= 0.6 is 0 Å². The Balaban J connectivity index is 2.00. The van der Waals surface area contributed by atoms with Crippen LogP contribution in [0.25, 0.3) is 0 Å². The Kier molecular flexibility index (Phi) is 5.38. The molecule has 6 heteroatoms. The molecule has 0 bridgehead atoms. The van der Waals surface area contributed by atoms with Gasteiger partial charge in [-0.25, -0.2) is 4.79 Å². The second-order valence-corrected chi connectivity index (χ2v) is 9.64. The van der Waals surface area contributed by atoms with Crippen molar-refractivity contribution in [1.29, 1.82) is 0 Å². The number of amides is 1. The van der Waals surface area contributed by atoms with Gasteiger partial charge in [0.15, 0.2) is 0 Å². The summed E-state index contributed by atoms with van der Waals surface area (Å²) in [4.78, 5) is 14.2. The Morgan fingerprint density at radius 2 is 1.68 bits per heavy atom. The van der Waals surface area contributed by atoms with E-state index in [1.54, 1.807) is 0 Å². The summed E-state index contributed by atoms with van der Waals surface area (Å²) in [5.74, 6) is 2.00. The highest BCUT2D eigenvalue weighted by Crippen LogP contribution is 2.38. The van der Waals surface area contributed by atoms with Crippen molar-refractivity contribution in [3.05, 3.63) is 12.1 Å². The second kappa shape index (κ2) is 6.62. The molecule has 1 amide bonds. The maximum absolute atomic E-state index is 12.4. The first-order valence-electron chi connectivity index (χ1n) is 9.26. The fraction of sp³-hybridized carbons (Fsp3) is 0.842. The van der Waals surface area contributed by atoms with E-state index in [1.807, 2.05) is 59.3 Å². The molecule has 2 fully saturated rings. The molecule has 2 aliphatic heterocycles. The first-order chi connectivity index (χ1) is 11.2. The standard InChI is InChI=1S/C19H34BNO4/c1-16(2,3)23-15(22)21-13-9-10-19(8,14-21)11-12-20-24-17(4,5)18(6,7)25-20/h11-12H,9-10,13-14H2,1-8H3/b12-11+. The lowest BCUT2D eigenvalue weighted by molar-refractivity contribution is 0.00578. The molecule has 0 N–H and O–H groups in total. The Bertz CT molecular complexity index is 522. The van der Waals surface area contributed by atoms with Crippen LogP contribution in [0.1, 0.15) is 68.2 Å². The van der Waals surface area contributed by atoms with Crippen molar-refractivity contribution in [2.45, 2.75) is 85.0 Å². The molecule has 1 unspecified atom stereocenters. The number of rotatable bonds is 2. The number of carbonyl (C=O) groups excluding carboxylic acids is 1. The summed E-state index contributed by atoms with van der Waals surface area (Å²) in [5.41, 5.74) is -1.24. The number of likely N-dealkylation sites (tertiary alicyclic amines) is 1. The molecule has 5 nitrogen and oxygen atoms in total. The van der Waals surface area contributed by atoms with Gasteiger partial charge in [0.05, 0.1) is 11.2 Å². The monoisotopic (exact) mass is 351 g/mol. The summed E-state index contributed by atoms with van der Waals surface area (Å²) in [7, 11) is -0.348. The van der Waals surface area contributed by atoms with Gasteiger partial charge in [0.2, 0.25) is 0 Å². The molecule has 0 aromatic heterocycles. The molecular formula is C19H34BNO4. The zero-order valence-corrected chi connectivity index (χ0v) is 17.1. The van der Waals surface area contributed by atoms with E-state index in [9.17, 15) is 4.79 Å². The molecular weight excluding hydrogens is 317 g/mol. The molecule has 2 saturated heterocycles. The molecule has 25 heavy (non-hydrogen) atoms. The van der Waals surface area contributed by atoms with Crippen molar-refractivity contribution in [3.63, 3.8) is 0 Å². The van der Waals surface area contributed by atoms with Crippen LogP contribution in [0.15, 0.2) is 12.1 Å². The van der Waals surface area contributed by atoms with E-state index in [1.165, 1.54) is 0 Å². The quantitative estimate of drug-likeness (QED) is 0.699. The summed E-state index contributed by atoms with van der Waals surface area (Å²) in [5, 5.41) is 0. The summed E-state index contributed by atoms with van der Waals surface area (Å²) in [6.45, 7) is 17.4. The molecule has 0 radical (unpaired) electrons. The maximum atomic E-state index is 12.4. The van der Waals surface area contributed by atoms with Crippen LogP contribution < -0.4 is 0 Å². The van der Waals surface area contributed by atoms with Crippen molar-refractivity contribution in [2.75, 3.05) is 13.1 Å². The summed E-state index contributed by atoms with van der Waals surface area (Å²) in [6, 6.07) is 0. The molecule has 0 aromatic rings. The van der Waals surface area contributed by atoms with Gasteiger partial charge in [-0.2, -0.15) is 0 Å². The van der Waals surface area contributed by atoms with E-state index < -0.39 is 5.60 Å². The van der Waals surface area contributed by atoms with E-state index in [0.29, 0.717) is 6.54 Å². The molecule has 1 atom stereocenters. The number of hydrogen-bond acceptors (Lipinski definition) is 4. The highest BCUT2D eigenvalue weighted by atomic mass is 16.7. The molecule has 2 rings (SSSR count). The van der Waals surface area contributed by atoms with Crippen LogP contribution in [0.4, 0.5) is 4.79 Å². The number of piperidine rings is 1.